The summed E-state index contributed by atoms with van der Waals surface area (Å²) >= 11 is 5.94. The molecule has 2 aromatic carbocycles. The minimum Gasteiger partial charge on any atom is -0.478 e. The van der Waals surface area contributed by atoms with Gasteiger partial charge in [0.1, 0.15) is 6.54 Å². The van der Waals surface area contributed by atoms with Crippen LogP contribution in [-0.2, 0) is 27.8 Å². The number of aliphatic carboxylic acids is 1. The second-order valence-corrected chi connectivity index (χ2v) is 9.14. The van der Waals surface area contributed by atoms with Crippen molar-refractivity contribution in [1.29, 1.82) is 0 Å². The Labute approximate surface area is 215 Å². The maximum atomic E-state index is 13.1. The van der Waals surface area contributed by atoms with Gasteiger partial charge in [0.15, 0.2) is 5.82 Å². The van der Waals surface area contributed by atoms with Crippen LogP contribution in [0, 0.1) is 0 Å². The Balaban J connectivity index is 1.96. The molecule has 0 saturated carbocycles. The third-order valence-electron chi connectivity index (χ3n) is 5.57. The van der Waals surface area contributed by atoms with Crippen LogP contribution in [0.4, 0.5) is 13.2 Å². The third-order valence-corrected chi connectivity index (χ3v) is 5.82. The van der Waals surface area contributed by atoms with E-state index in [0.29, 0.717) is 10.6 Å². The van der Waals surface area contributed by atoms with Crippen molar-refractivity contribution in [2.75, 3.05) is 0 Å². The molecule has 3 rings (SSSR count). The van der Waals surface area contributed by atoms with Crippen LogP contribution < -0.4 is 11.0 Å². The van der Waals surface area contributed by atoms with Gasteiger partial charge in [-0.25, -0.2) is 18.8 Å². The molecule has 1 amide bonds. The fraction of sp³-hybridized carbons (Fsp3) is 0.280. The van der Waals surface area contributed by atoms with E-state index < -0.39 is 41.4 Å². The van der Waals surface area contributed by atoms with Crippen molar-refractivity contribution >= 4 is 29.7 Å². The topological polar surface area (TPSA) is 106 Å². The van der Waals surface area contributed by atoms with E-state index in [2.05, 4.69) is 10.4 Å². The maximum Gasteiger partial charge on any atom is 0.416 e. The molecule has 2 N–H and O–H groups in total. The summed E-state index contributed by atoms with van der Waals surface area (Å²) < 4.78 is 41.3. The van der Waals surface area contributed by atoms with E-state index in [1.165, 1.54) is 26.0 Å². The van der Waals surface area contributed by atoms with Crippen molar-refractivity contribution in [2.45, 2.75) is 45.5 Å². The SMILES string of the molecule is CC/C(=C\n1c(-c2ccc(Cl)cc2)nn(CC(=O)NC(C)(C)c2cccc(C(F)(F)F)c2)c1=O)C(=O)O. The standard InChI is InChI=1S/C25H24ClF3N4O4/c1-4-15(22(35)36)13-32-21(16-8-10-19(26)11-9-16)31-33(23(32)37)14-20(34)30-24(2,3)17-6-5-7-18(12-17)25(27,28)29/h5-13H,4,14H2,1-3H3,(H,30,34)(H,35,36)/b15-13+. The zero-order chi connectivity index (χ0) is 27.5. The fourth-order valence-electron chi connectivity index (χ4n) is 3.57. The Hall–Kier alpha value is -3.86. The van der Waals surface area contributed by atoms with Gasteiger partial charge < -0.3 is 10.4 Å². The van der Waals surface area contributed by atoms with Crippen LogP contribution in [0.2, 0.25) is 5.02 Å². The molecule has 0 fully saturated rings. The highest BCUT2D eigenvalue weighted by Gasteiger charge is 2.32. The lowest BCUT2D eigenvalue weighted by atomic mass is 9.92. The highest BCUT2D eigenvalue weighted by atomic mass is 35.5. The van der Waals surface area contributed by atoms with Gasteiger partial charge in [-0.2, -0.15) is 13.2 Å². The van der Waals surface area contributed by atoms with E-state index in [0.717, 1.165) is 27.6 Å². The molecule has 12 heteroatoms. The highest BCUT2D eigenvalue weighted by Crippen LogP contribution is 2.32. The Morgan fingerprint density at radius 1 is 1.11 bits per heavy atom. The predicted octanol–water partition coefficient (Wildman–Crippen LogP) is 4.77. The fourth-order valence-corrected chi connectivity index (χ4v) is 3.70. The Bertz CT molecular complexity index is 1410. The number of alkyl halides is 3. The zero-order valence-electron chi connectivity index (χ0n) is 20.1. The number of aromatic nitrogens is 3. The molecular weight excluding hydrogens is 513 g/mol. The van der Waals surface area contributed by atoms with Crippen molar-refractivity contribution in [3.8, 4) is 11.4 Å². The third kappa shape index (κ3) is 6.48. The number of hydrogen-bond donors (Lipinski definition) is 2. The first-order valence-corrected chi connectivity index (χ1v) is 11.5. The predicted molar refractivity (Wildman–Crippen MR) is 132 cm³/mol. The largest absolute Gasteiger partial charge is 0.478 e. The van der Waals surface area contributed by atoms with E-state index >= 15 is 0 Å². The average Bonchev–Trinajstić information content (AvgIpc) is 3.11. The summed E-state index contributed by atoms with van der Waals surface area (Å²) in [6.07, 6.45) is -3.28. The van der Waals surface area contributed by atoms with Crippen molar-refractivity contribution < 1.29 is 27.9 Å². The van der Waals surface area contributed by atoms with E-state index in [1.807, 2.05) is 0 Å². The van der Waals surface area contributed by atoms with Crippen LogP contribution in [-0.4, -0.2) is 31.3 Å². The lowest BCUT2D eigenvalue weighted by Gasteiger charge is -2.27. The molecule has 0 atom stereocenters. The number of hydrogen-bond acceptors (Lipinski definition) is 4. The summed E-state index contributed by atoms with van der Waals surface area (Å²) in [5, 5.41) is 16.7. The number of nitrogens with one attached hydrogen (secondary N) is 1. The molecule has 8 nitrogen and oxygen atoms in total. The lowest BCUT2D eigenvalue weighted by Crippen LogP contribution is -2.44. The smallest absolute Gasteiger partial charge is 0.416 e. The summed E-state index contributed by atoms with van der Waals surface area (Å²) in [7, 11) is 0. The number of halogens is 4. The molecule has 1 heterocycles. The molecule has 0 spiro atoms. The summed E-state index contributed by atoms with van der Waals surface area (Å²) in [4.78, 5) is 37.5. The molecule has 0 aliphatic carbocycles. The van der Waals surface area contributed by atoms with Crippen LogP contribution >= 0.6 is 11.6 Å². The molecule has 0 bridgehead atoms. The Morgan fingerprint density at radius 3 is 2.30 bits per heavy atom. The normalized spacial score (nSPS) is 12.5. The second-order valence-electron chi connectivity index (χ2n) is 8.71. The molecule has 0 unspecified atom stereocenters. The van der Waals surface area contributed by atoms with E-state index in [-0.39, 0.29) is 23.4 Å². The van der Waals surface area contributed by atoms with Crippen LogP contribution in [0.25, 0.3) is 17.6 Å². The van der Waals surface area contributed by atoms with Gasteiger partial charge in [0.25, 0.3) is 0 Å². The Morgan fingerprint density at radius 2 is 1.73 bits per heavy atom. The monoisotopic (exact) mass is 536 g/mol. The number of carboxylic acid groups (broad SMARTS) is 1. The molecule has 0 radical (unpaired) electrons. The van der Waals surface area contributed by atoms with Crippen LogP contribution in [0.3, 0.4) is 0 Å². The number of rotatable bonds is 8. The minimum absolute atomic E-state index is 0.0630. The maximum absolute atomic E-state index is 13.1. The van der Waals surface area contributed by atoms with E-state index in [9.17, 15) is 32.7 Å². The molecule has 0 aliphatic heterocycles. The van der Waals surface area contributed by atoms with Crippen molar-refractivity contribution in [3.63, 3.8) is 0 Å². The van der Waals surface area contributed by atoms with E-state index in [4.69, 9.17) is 11.6 Å². The van der Waals surface area contributed by atoms with E-state index in [1.54, 1.807) is 31.2 Å². The quantitative estimate of drug-likeness (QED) is 0.403. The second kappa shape index (κ2) is 10.6. The number of carbonyl (C=O) groups excluding carboxylic acids is 1. The molecule has 196 valence electrons. The molecular formula is C25H24ClF3N4O4. The van der Waals surface area contributed by atoms with Crippen molar-refractivity contribution in [1.82, 2.24) is 19.7 Å². The van der Waals surface area contributed by atoms with Gasteiger partial charge in [0.2, 0.25) is 5.91 Å². The summed E-state index contributed by atoms with van der Waals surface area (Å²) in [5.41, 5.74) is -2.24. The van der Waals surface area contributed by atoms with Crippen LogP contribution in [0.15, 0.2) is 58.9 Å². The summed E-state index contributed by atoms with van der Waals surface area (Å²) in [6.45, 7) is 4.12. The summed E-state index contributed by atoms with van der Waals surface area (Å²) in [6, 6.07) is 10.9. The number of carbonyl (C=O) groups is 2. The number of amides is 1. The molecule has 0 saturated heterocycles. The first-order valence-electron chi connectivity index (χ1n) is 11.1. The van der Waals surface area contributed by atoms with Gasteiger partial charge in [-0.3, -0.25) is 4.79 Å². The van der Waals surface area contributed by atoms with Gasteiger partial charge in [-0.1, -0.05) is 30.7 Å². The van der Waals surface area contributed by atoms with Crippen molar-refractivity contribution in [3.05, 3.63) is 80.7 Å². The average molecular weight is 537 g/mol. The molecule has 1 aromatic heterocycles. The molecule has 37 heavy (non-hydrogen) atoms. The lowest BCUT2D eigenvalue weighted by molar-refractivity contribution is -0.137. The number of nitrogens with zero attached hydrogens (tertiary/aromatic N) is 3. The molecule has 0 aliphatic rings. The first kappa shape index (κ1) is 27.7. The summed E-state index contributed by atoms with van der Waals surface area (Å²) in [5.74, 6) is -1.82. The number of carboxylic acids is 1. The van der Waals surface area contributed by atoms with Gasteiger partial charge >= 0.3 is 17.8 Å². The van der Waals surface area contributed by atoms with Gasteiger partial charge in [-0.05, 0) is 62.2 Å². The van der Waals surface area contributed by atoms with Gasteiger partial charge in [-0.15, -0.1) is 5.10 Å². The highest BCUT2D eigenvalue weighted by molar-refractivity contribution is 6.30. The minimum atomic E-state index is -4.55. The zero-order valence-corrected chi connectivity index (χ0v) is 20.9. The van der Waals surface area contributed by atoms with Gasteiger partial charge in [0.05, 0.1) is 16.7 Å². The Kier molecular flexibility index (Phi) is 7.97. The van der Waals surface area contributed by atoms with Crippen molar-refractivity contribution in [2.24, 2.45) is 0 Å². The molecule has 3 aromatic rings. The van der Waals surface area contributed by atoms with Crippen LogP contribution in [0.1, 0.15) is 38.3 Å². The number of benzene rings is 2. The first-order chi connectivity index (χ1) is 17.2. The van der Waals surface area contributed by atoms with Crippen LogP contribution in [0.5, 0.6) is 0 Å². The van der Waals surface area contributed by atoms with Gasteiger partial charge in [0, 0.05) is 16.8 Å².